The van der Waals surface area contributed by atoms with Crippen LogP contribution in [-0.2, 0) is 4.74 Å². The topological polar surface area (TPSA) is 41.7 Å². The summed E-state index contributed by atoms with van der Waals surface area (Å²) in [5, 5.41) is 0. The van der Waals surface area contributed by atoms with E-state index in [1.165, 1.54) is 19.4 Å². The van der Waals surface area contributed by atoms with Crippen LogP contribution in [0.25, 0.3) is 0 Å². The van der Waals surface area contributed by atoms with E-state index in [-0.39, 0.29) is 0 Å². The fraction of sp³-hybridized carbons (Fsp3) is 1.00. The quantitative estimate of drug-likeness (QED) is 0.741. The number of likely N-dealkylation sites (N-methyl/N-ethyl adjacent to an activating group) is 1. The van der Waals surface area contributed by atoms with Gasteiger partial charge in [-0.25, -0.2) is 0 Å². The maximum absolute atomic E-state index is 5.84. The number of morpholine rings is 1. The number of hydrogen-bond acceptors (Lipinski definition) is 4. The predicted molar refractivity (Wildman–Crippen MR) is 65.5 cm³/mol. The van der Waals surface area contributed by atoms with Crippen molar-refractivity contribution in [3.63, 3.8) is 0 Å². The van der Waals surface area contributed by atoms with Crippen LogP contribution in [0, 0.1) is 0 Å². The molecule has 2 aliphatic rings. The van der Waals surface area contributed by atoms with Crippen molar-refractivity contribution in [3.05, 3.63) is 0 Å². The summed E-state index contributed by atoms with van der Waals surface area (Å²) >= 11 is 0. The second kappa shape index (κ2) is 5.96. The van der Waals surface area contributed by atoms with Crippen molar-refractivity contribution >= 4 is 0 Å². The SMILES string of the molecule is CCN1CCOC(CN2CCCC2CN)C1. The summed E-state index contributed by atoms with van der Waals surface area (Å²) in [5.74, 6) is 0. The maximum atomic E-state index is 5.84. The molecule has 0 aromatic carbocycles. The van der Waals surface area contributed by atoms with Gasteiger partial charge in [-0.05, 0) is 25.9 Å². The van der Waals surface area contributed by atoms with E-state index < -0.39 is 0 Å². The van der Waals surface area contributed by atoms with Gasteiger partial charge in [0.25, 0.3) is 0 Å². The first kappa shape index (κ1) is 12.3. The fourth-order valence-electron chi connectivity index (χ4n) is 2.84. The fourth-order valence-corrected chi connectivity index (χ4v) is 2.84. The van der Waals surface area contributed by atoms with E-state index in [9.17, 15) is 0 Å². The summed E-state index contributed by atoms with van der Waals surface area (Å²) in [5.41, 5.74) is 5.79. The zero-order valence-electron chi connectivity index (χ0n) is 10.4. The van der Waals surface area contributed by atoms with Gasteiger partial charge in [0.15, 0.2) is 0 Å². The first-order valence-electron chi connectivity index (χ1n) is 6.61. The van der Waals surface area contributed by atoms with Crippen LogP contribution in [0.2, 0.25) is 0 Å². The molecular weight excluding hydrogens is 202 g/mol. The number of rotatable bonds is 4. The molecule has 0 bridgehead atoms. The van der Waals surface area contributed by atoms with Crippen LogP contribution in [0.3, 0.4) is 0 Å². The van der Waals surface area contributed by atoms with Gasteiger partial charge >= 0.3 is 0 Å². The molecule has 2 atom stereocenters. The lowest BCUT2D eigenvalue weighted by Gasteiger charge is -2.35. The van der Waals surface area contributed by atoms with Crippen LogP contribution in [0.1, 0.15) is 19.8 Å². The van der Waals surface area contributed by atoms with Crippen LogP contribution in [0.15, 0.2) is 0 Å². The van der Waals surface area contributed by atoms with Gasteiger partial charge in [0.05, 0.1) is 12.7 Å². The normalized spacial score (nSPS) is 33.4. The Labute approximate surface area is 98.7 Å². The van der Waals surface area contributed by atoms with Crippen molar-refractivity contribution in [1.29, 1.82) is 0 Å². The van der Waals surface area contributed by atoms with Crippen molar-refractivity contribution in [2.24, 2.45) is 5.73 Å². The van der Waals surface area contributed by atoms with Crippen LogP contribution >= 0.6 is 0 Å². The maximum Gasteiger partial charge on any atom is 0.0829 e. The molecular formula is C12H25N3O. The Morgan fingerprint density at radius 1 is 1.38 bits per heavy atom. The van der Waals surface area contributed by atoms with E-state index >= 15 is 0 Å². The van der Waals surface area contributed by atoms with E-state index in [2.05, 4.69) is 16.7 Å². The molecule has 2 heterocycles. The molecule has 94 valence electrons. The molecule has 0 saturated carbocycles. The average molecular weight is 227 g/mol. The Kier molecular flexibility index (Phi) is 4.58. The number of nitrogens with two attached hydrogens (primary N) is 1. The van der Waals surface area contributed by atoms with Gasteiger partial charge in [-0.1, -0.05) is 6.92 Å². The Balaban J connectivity index is 1.79. The standard InChI is InChI=1S/C12H25N3O/c1-2-14-6-7-16-12(9-14)10-15-5-3-4-11(15)8-13/h11-12H,2-10,13H2,1H3. The lowest BCUT2D eigenvalue weighted by molar-refractivity contribution is -0.0429. The highest BCUT2D eigenvalue weighted by atomic mass is 16.5. The molecule has 2 N–H and O–H groups in total. The zero-order chi connectivity index (χ0) is 11.4. The van der Waals surface area contributed by atoms with Crippen molar-refractivity contribution in [2.45, 2.75) is 31.9 Å². The molecule has 2 aliphatic heterocycles. The van der Waals surface area contributed by atoms with Gasteiger partial charge in [-0.15, -0.1) is 0 Å². The molecule has 0 aromatic heterocycles. The predicted octanol–water partition coefficient (Wildman–Crippen LogP) is 0.130. The average Bonchev–Trinajstić information content (AvgIpc) is 2.76. The third kappa shape index (κ3) is 2.94. The van der Waals surface area contributed by atoms with E-state index in [4.69, 9.17) is 10.5 Å². The molecule has 4 nitrogen and oxygen atoms in total. The number of hydrogen-bond donors (Lipinski definition) is 1. The summed E-state index contributed by atoms with van der Waals surface area (Å²) in [6.45, 7) is 9.49. The van der Waals surface area contributed by atoms with Gasteiger partial charge in [0.2, 0.25) is 0 Å². The highest BCUT2D eigenvalue weighted by Crippen LogP contribution is 2.18. The number of ether oxygens (including phenoxy) is 1. The van der Waals surface area contributed by atoms with Crippen molar-refractivity contribution in [2.75, 3.05) is 45.9 Å². The summed E-state index contributed by atoms with van der Waals surface area (Å²) in [7, 11) is 0. The molecule has 0 radical (unpaired) electrons. The van der Waals surface area contributed by atoms with E-state index in [0.717, 1.165) is 39.3 Å². The minimum Gasteiger partial charge on any atom is -0.374 e. The molecule has 0 amide bonds. The summed E-state index contributed by atoms with van der Waals surface area (Å²) in [6, 6.07) is 0.598. The Morgan fingerprint density at radius 3 is 3.00 bits per heavy atom. The largest absolute Gasteiger partial charge is 0.374 e. The van der Waals surface area contributed by atoms with Gasteiger partial charge in [0.1, 0.15) is 0 Å². The molecule has 2 saturated heterocycles. The highest BCUT2D eigenvalue weighted by molar-refractivity contribution is 4.83. The van der Waals surface area contributed by atoms with Gasteiger partial charge in [-0.3, -0.25) is 9.80 Å². The molecule has 16 heavy (non-hydrogen) atoms. The smallest absolute Gasteiger partial charge is 0.0829 e. The van der Waals surface area contributed by atoms with Crippen LogP contribution in [-0.4, -0.2) is 67.8 Å². The molecule has 4 heteroatoms. The number of nitrogens with zero attached hydrogens (tertiary/aromatic N) is 2. The first-order chi connectivity index (χ1) is 7.83. The van der Waals surface area contributed by atoms with Crippen LogP contribution in [0.4, 0.5) is 0 Å². The van der Waals surface area contributed by atoms with Crippen molar-refractivity contribution in [1.82, 2.24) is 9.80 Å². The minimum atomic E-state index is 0.390. The lowest BCUT2D eigenvalue weighted by Crippen LogP contribution is -2.49. The van der Waals surface area contributed by atoms with E-state index in [1.54, 1.807) is 0 Å². The van der Waals surface area contributed by atoms with Gasteiger partial charge in [0, 0.05) is 32.2 Å². The van der Waals surface area contributed by atoms with E-state index in [1.807, 2.05) is 0 Å². The van der Waals surface area contributed by atoms with Crippen molar-refractivity contribution in [3.8, 4) is 0 Å². The molecule has 2 rings (SSSR count). The van der Waals surface area contributed by atoms with Crippen LogP contribution < -0.4 is 5.73 Å². The molecule has 0 aliphatic carbocycles. The Bertz CT molecular complexity index is 212. The van der Waals surface area contributed by atoms with Gasteiger partial charge < -0.3 is 10.5 Å². The molecule has 0 aromatic rings. The van der Waals surface area contributed by atoms with Crippen LogP contribution in [0.5, 0.6) is 0 Å². The summed E-state index contributed by atoms with van der Waals surface area (Å²) < 4.78 is 5.84. The number of likely N-dealkylation sites (tertiary alicyclic amines) is 1. The second-order valence-electron chi connectivity index (χ2n) is 4.91. The summed E-state index contributed by atoms with van der Waals surface area (Å²) in [4.78, 5) is 4.99. The van der Waals surface area contributed by atoms with Crippen molar-refractivity contribution < 1.29 is 4.74 Å². The molecule has 2 fully saturated rings. The van der Waals surface area contributed by atoms with E-state index in [0.29, 0.717) is 12.1 Å². The first-order valence-corrected chi connectivity index (χ1v) is 6.61. The second-order valence-corrected chi connectivity index (χ2v) is 4.91. The zero-order valence-corrected chi connectivity index (χ0v) is 10.4. The monoisotopic (exact) mass is 227 g/mol. The molecule has 2 unspecified atom stereocenters. The highest BCUT2D eigenvalue weighted by Gasteiger charge is 2.28. The summed E-state index contributed by atoms with van der Waals surface area (Å²) in [6.07, 6.45) is 2.95. The third-order valence-electron chi connectivity index (χ3n) is 3.88. The Hall–Kier alpha value is -0.160. The lowest BCUT2D eigenvalue weighted by atomic mass is 10.2. The third-order valence-corrected chi connectivity index (χ3v) is 3.88. The Morgan fingerprint density at radius 2 is 2.25 bits per heavy atom. The van der Waals surface area contributed by atoms with Gasteiger partial charge in [-0.2, -0.15) is 0 Å². The molecule has 0 spiro atoms. The minimum absolute atomic E-state index is 0.390.